The zero-order valence-corrected chi connectivity index (χ0v) is 26.5. The lowest BCUT2D eigenvalue weighted by Gasteiger charge is -2.14. The van der Waals surface area contributed by atoms with Crippen LogP contribution >= 0.6 is 11.3 Å². The predicted molar refractivity (Wildman–Crippen MR) is 170 cm³/mol. The van der Waals surface area contributed by atoms with Crippen LogP contribution in [0, 0.1) is 22.9 Å². The molecule has 0 saturated heterocycles. The SMILES string of the molecule is N#CN=c1c2cc(-c3cc(C(F)(F)F)cc(C(F)(F)F)c3)ccc2c2c1sc1c(=NC#N)c3cc(-c4cc(C(F)(F)F)cc(C(F)(F)F)c4)ccc3c12. The van der Waals surface area contributed by atoms with E-state index in [-0.39, 0.29) is 44.7 Å². The zero-order chi connectivity index (χ0) is 38.4. The third-order valence-corrected chi connectivity index (χ3v) is 9.80. The van der Waals surface area contributed by atoms with Gasteiger partial charge in [-0.15, -0.1) is 11.3 Å². The number of nitrogens with zero attached hydrogens (tertiary/aromatic N) is 4. The molecule has 6 aromatic carbocycles. The minimum absolute atomic E-state index is 0.00816. The lowest BCUT2D eigenvalue weighted by atomic mass is 9.97. The summed E-state index contributed by atoms with van der Waals surface area (Å²) >= 11 is 0.988. The zero-order valence-electron chi connectivity index (χ0n) is 25.7. The van der Waals surface area contributed by atoms with Crippen molar-refractivity contribution in [2.45, 2.75) is 24.7 Å². The number of alkyl halides is 12. The molecule has 1 aromatic heterocycles. The van der Waals surface area contributed by atoms with Gasteiger partial charge >= 0.3 is 24.7 Å². The Balaban J connectivity index is 1.50. The van der Waals surface area contributed by atoms with Crippen LogP contribution in [0.2, 0.25) is 0 Å². The van der Waals surface area contributed by atoms with Crippen molar-refractivity contribution >= 4 is 53.1 Å². The van der Waals surface area contributed by atoms with Crippen LogP contribution in [0.3, 0.4) is 0 Å². The van der Waals surface area contributed by atoms with Crippen LogP contribution in [-0.2, 0) is 24.7 Å². The van der Waals surface area contributed by atoms with Crippen molar-refractivity contribution in [2.24, 2.45) is 9.98 Å². The molecule has 0 atom stereocenters. The van der Waals surface area contributed by atoms with Crippen molar-refractivity contribution in [3.05, 3.63) is 106 Å². The second-order valence-corrected chi connectivity index (χ2v) is 12.8. The van der Waals surface area contributed by atoms with Crippen molar-refractivity contribution in [2.75, 3.05) is 0 Å². The van der Waals surface area contributed by atoms with Crippen molar-refractivity contribution in [3.8, 4) is 34.6 Å². The highest BCUT2D eigenvalue weighted by molar-refractivity contribution is 7.26. The van der Waals surface area contributed by atoms with E-state index in [1.165, 1.54) is 36.4 Å². The summed E-state index contributed by atoms with van der Waals surface area (Å²) in [6, 6.07) is 10.2. The molecule has 0 aliphatic rings. The maximum Gasteiger partial charge on any atom is 0.416 e. The minimum Gasteiger partial charge on any atom is -0.172 e. The number of halogens is 12. The molecular formula is C36H12F12N4S. The third kappa shape index (κ3) is 6.00. The van der Waals surface area contributed by atoms with Crippen molar-refractivity contribution in [3.63, 3.8) is 0 Å². The molecule has 7 rings (SSSR count). The topological polar surface area (TPSA) is 72.3 Å². The predicted octanol–water partition coefficient (Wildman–Crippen LogP) is 11.4. The average molecular weight is 761 g/mol. The Hall–Kier alpha value is -5.94. The highest BCUT2D eigenvalue weighted by Crippen LogP contribution is 2.45. The van der Waals surface area contributed by atoms with Crippen LogP contribution < -0.4 is 10.7 Å². The summed E-state index contributed by atoms with van der Waals surface area (Å²) in [6.45, 7) is 0. The highest BCUT2D eigenvalue weighted by Gasteiger charge is 2.38. The minimum atomic E-state index is -5.11. The van der Waals surface area contributed by atoms with E-state index in [9.17, 15) is 63.2 Å². The van der Waals surface area contributed by atoms with Gasteiger partial charge in [0.15, 0.2) is 0 Å². The summed E-state index contributed by atoms with van der Waals surface area (Å²) in [5.74, 6) is 0. The summed E-state index contributed by atoms with van der Waals surface area (Å²) in [4.78, 5) is 7.78. The van der Waals surface area contributed by atoms with Gasteiger partial charge in [0.1, 0.15) is 10.7 Å². The Morgan fingerprint density at radius 2 is 0.736 bits per heavy atom. The van der Waals surface area contributed by atoms with Gasteiger partial charge < -0.3 is 0 Å². The van der Waals surface area contributed by atoms with E-state index in [2.05, 4.69) is 9.98 Å². The van der Waals surface area contributed by atoms with E-state index >= 15 is 0 Å². The van der Waals surface area contributed by atoms with Crippen LogP contribution in [0.4, 0.5) is 52.7 Å². The van der Waals surface area contributed by atoms with E-state index in [1.54, 1.807) is 12.4 Å². The first-order valence-electron chi connectivity index (χ1n) is 14.7. The maximum atomic E-state index is 13.6. The summed E-state index contributed by atoms with van der Waals surface area (Å²) in [5, 5.41) is 21.1. The fourth-order valence-corrected chi connectivity index (χ4v) is 7.70. The molecule has 0 radical (unpaired) electrons. The van der Waals surface area contributed by atoms with E-state index in [0.29, 0.717) is 55.2 Å². The van der Waals surface area contributed by atoms with Gasteiger partial charge in [0.25, 0.3) is 0 Å². The standard InChI is InChI=1S/C36H12F12N4S/c37-33(38,39)19-5-17(6-20(11-19)34(40,41)42)15-1-3-23-25(9-15)29(51-13-49)31-27(23)28-24-4-2-16(10-26(24)30(52-14-50)32(28)53-31)18-7-21(35(43,44)45)12-22(8-18)36(46,47)48/h1-12H. The molecule has 0 N–H and O–H groups in total. The number of benzene rings is 4. The average Bonchev–Trinajstić information content (AvgIpc) is 3.69. The number of rotatable bonds is 2. The molecule has 0 aliphatic carbocycles. The molecule has 0 unspecified atom stereocenters. The Morgan fingerprint density at radius 1 is 0.415 bits per heavy atom. The first kappa shape index (κ1) is 35.5. The largest absolute Gasteiger partial charge is 0.416 e. The first-order chi connectivity index (χ1) is 24.7. The lowest BCUT2D eigenvalue weighted by Crippen LogP contribution is -2.11. The fraction of sp³-hybridized carbons (Fsp3) is 0.111. The fourth-order valence-electron chi connectivity index (χ4n) is 6.36. The molecular weight excluding hydrogens is 748 g/mol. The van der Waals surface area contributed by atoms with Crippen LogP contribution in [-0.4, -0.2) is 0 Å². The first-order valence-corrected chi connectivity index (χ1v) is 15.5. The van der Waals surface area contributed by atoms with Crippen molar-refractivity contribution < 1.29 is 52.7 Å². The summed E-state index contributed by atoms with van der Waals surface area (Å²) in [6.07, 6.45) is -17.2. The van der Waals surface area contributed by atoms with E-state index in [4.69, 9.17) is 0 Å². The summed E-state index contributed by atoms with van der Waals surface area (Å²) in [7, 11) is 0. The van der Waals surface area contributed by atoms with Crippen LogP contribution in [0.25, 0.3) is 64.0 Å². The second-order valence-electron chi connectivity index (χ2n) is 11.7. The molecule has 0 spiro atoms. The van der Waals surface area contributed by atoms with E-state index < -0.39 is 58.1 Å². The van der Waals surface area contributed by atoms with Gasteiger partial charge in [-0.25, -0.2) is 0 Å². The summed E-state index contributed by atoms with van der Waals surface area (Å²) < 4.78 is 164. The molecule has 0 aliphatic heterocycles. The van der Waals surface area contributed by atoms with Crippen molar-refractivity contribution in [1.29, 1.82) is 10.5 Å². The Labute approximate surface area is 291 Å². The lowest BCUT2D eigenvalue weighted by molar-refractivity contribution is -0.144. The maximum absolute atomic E-state index is 13.6. The van der Waals surface area contributed by atoms with Gasteiger partial charge in [-0.1, -0.05) is 24.3 Å². The summed E-state index contributed by atoms with van der Waals surface area (Å²) in [5.41, 5.74) is -7.11. The van der Waals surface area contributed by atoms with Crippen LogP contribution in [0.15, 0.2) is 82.8 Å². The van der Waals surface area contributed by atoms with Gasteiger partial charge in [-0.2, -0.15) is 73.2 Å². The molecule has 0 fully saturated rings. The quantitative estimate of drug-likeness (QED) is 0.130. The smallest absolute Gasteiger partial charge is 0.172 e. The Bertz CT molecular complexity index is 2610. The number of thiophene rings is 1. The molecule has 0 amide bonds. The van der Waals surface area contributed by atoms with Gasteiger partial charge in [0.05, 0.1) is 31.7 Å². The number of nitriles is 2. The van der Waals surface area contributed by atoms with Crippen LogP contribution in [0.5, 0.6) is 0 Å². The molecule has 266 valence electrons. The third-order valence-electron chi connectivity index (χ3n) is 8.59. The highest BCUT2D eigenvalue weighted by atomic mass is 32.1. The molecule has 4 nitrogen and oxygen atoms in total. The van der Waals surface area contributed by atoms with Gasteiger partial charge in [-0.05, 0) is 81.6 Å². The molecule has 7 aromatic rings. The molecule has 1 heterocycles. The monoisotopic (exact) mass is 760 g/mol. The van der Waals surface area contributed by atoms with Gasteiger partial charge in [0, 0.05) is 21.5 Å². The van der Waals surface area contributed by atoms with Crippen molar-refractivity contribution in [1.82, 2.24) is 0 Å². The number of hydrogen-bond donors (Lipinski definition) is 0. The van der Waals surface area contributed by atoms with E-state index in [1.807, 2.05) is 0 Å². The van der Waals surface area contributed by atoms with Gasteiger partial charge in [-0.3, -0.25) is 0 Å². The van der Waals surface area contributed by atoms with Gasteiger partial charge in [0.2, 0.25) is 12.4 Å². The number of hydrogen-bond acceptors (Lipinski definition) is 5. The number of fused-ring (bicyclic) bond motifs is 7. The molecule has 53 heavy (non-hydrogen) atoms. The Kier molecular flexibility index (Phi) is 7.89. The normalized spacial score (nSPS) is 13.8. The molecule has 17 heteroatoms. The Morgan fingerprint density at radius 3 is 1.02 bits per heavy atom. The van der Waals surface area contributed by atoms with E-state index in [0.717, 1.165) is 11.3 Å². The molecule has 0 bridgehead atoms. The molecule has 0 saturated carbocycles. The van der Waals surface area contributed by atoms with Crippen LogP contribution in [0.1, 0.15) is 22.3 Å². The second kappa shape index (κ2) is 11.8.